The minimum absolute atomic E-state index is 0.0224. The number of hydrogen-bond donors (Lipinski definition) is 2. The second kappa shape index (κ2) is 7.07. The summed E-state index contributed by atoms with van der Waals surface area (Å²) in [5.41, 5.74) is 8.90. The van der Waals surface area contributed by atoms with E-state index in [4.69, 9.17) is 10.5 Å². The lowest BCUT2D eigenvalue weighted by atomic mass is 10.0. The molecule has 7 heteroatoms. The van der Waals surface area contributed by atoms with E-state index in [9.17, 15) is 4.79 Å². The summed E-state index contributed by atoms with van der Waals surface area (Å²) >= 11 is 0. The molecule has 2 unspecified atom stereocenters. The average molecular weight is 377 g/mol. The maximum Gasteiger partial charge on any atom is 0.228 e. The Kier molecular flexibility index (Phi) is 4.58. The fourth-order valence-corrected chi connectivity index (χ4v) is 3.40. The maximum absolute atomic E-state index is 12.2. The van der Waals surface area contributed by atoms with Crippen LogP contribution in [0.3, 0.4) is 0 Å². The Morgan fingerprint density at radius 2 is 2.07 bits per heavy atom. The molecular formula is C21H23N5O2. The van der Waals surface area contributed by atoms with Crippen molar-refractivity contribution in [3.63, 3.8) is 0 Å². The van der Waals surface area contributed by atoms with Crippen molar-refractivity contribution in [3.05, 3.63) is 36.2 Å². The van der Waals surface area contributed by atoms with Crippen LogP contribution >= 0.6 is 0 Å². The van der Waals surface area contributed by atoms with Gasteiger partial charge in [-0.2, -0.15) is 0 Å². The normalized spacial score (nSPS) is 18.1. The predicted molar refractivity (Wildman–Crippen MR) is 109 cm³/mol. The minimum Gasteiger partial charge on any atom is -0.481 e. The van der Waals surface area contributed by atoms with Crippen LogP contribution in [0.25, 0.3) is 22.0 Å². The summed E-state index contributed by atoms with van der Waals surface area (Å²) in [5, 5.41) is 4.52. The number of nitrogens with one attached hydrogen (secondary N) is 1. The van der Waals surface area contributed by atoms with Crippen molar-refractivity contribution in [2.75, 3.05) is 18.2 Å². The van der Waals surface area contributed by atoms with Gasteiger partial charge in [0.05, 0.1) is 12.8 Å². The molecule has 3 heterocycles. The number of methoxy groups -OCH3 is 1. The molecule has 0 aliphatic heterocycles. The van der Waals surface area contributed by atoms with E-state index in [1.165, 1.54) is 0 Å². The number of pyridine rings is 3. The van der Waals surface area contributed by atoms with Crippen molar-refractivity contribution in [1.29, 1.82) is 0 Å². The number of aryl methyl sites for hydroxylation is 1. The number of hydrogen-bond acceptors (Lipinski definition) is 6. The van der Waals surface area contributed by atoms with Gasteiger partial charge in [-0.25, -0.2) is 15.0 Å². The van der Waals surface area contributed by atoms with Crippen LogP contribution in [-0.2, 0) is 11.2 Å². The fraction of sp³-hybridized carbons (Fsp3) is 0.333. The summed E-state index contributed by atoms with van der Waals surface area (Å²) in [4.78, 5) is 25.4. The van der Waals surface area contributed by atoms with Crippen LogP contribution in [0.4, 0.5) is 11.6 Å². The predicted octanol–water partition coefficient (Wildman–Crippen LogP) is 3.44. The van der Waals surface area contributed by atoms with Crippen LogP contribution in [0, 0.1) is 11.8 Å². The second-order valence-electron chi connectivity index (χ2n) is 7.23. The number of ether oxygens (including phenoxy) is 1. The molecule has 1 aliphatic carbocycles. The SMILES string of the molecule is CCc1cc(OC)ncc1-c1cc2cc(NC(=O)C3CC3C)ncc2c(N)n1. The molecule has 2 atom stereocenters. The highest BCUT2D eigenvalue weighted by Crippen LogP contribution is 2.38. The molecular weight excluding hydrogens is 354 g/mol. The summed E-state index contributed by atoms with van der Waals surface area (Å²) in [6, 6.07) is 5.70. The highest BCUT2D eigenvalue weighted by Gasteiger charge is 2.39. The van der Waals surface area contributed by atoms with E-state index in [-0.39, 0.29) is 11.8 Å². The Balaban J connectivity index is 1.73. The number of nitrogens with two attached hydrogens (primary N) is 1. The van der Waals surface area contributed by atoms with Gasteiger partial charge in [-0.05, 0) is 41.8 Å². The largest absolute Gasteiger partial charge is 0.481 e. The monoisotopic (exact) mass is 377 g/mol. The molecule has 0 spiro atoms. The smallest absolute Gasteiger partial charge is 0.228 e. The van der Waals surface area contributed by atoms with Crippen molar-refractivity contribution in [2.45, 2.75) is 26.7 Å². The molecule has 0 bridgehead atoms. The Labute approximate surface area is 163 Å². The first kappa shape index (κ1) is 18.2. The topological polar surface area (TPSA) is 103 Å². The number of carbonyl (C=O) groups is 1. The van der Waals surface area contributed by atoms with Gasteiger partial charge in [0.1, 0.15) is 11.6 Å². The van der Waals surface area contributed by atoms with Crippen molar-refractivity contribution < 1.29 is 9.53 Å². The molecule has 3 N–H and O–H groups in total. The van der Waals surface area contributed by atoms with Crippen LogP contribution in [0.5, 0.6) is 5.88 Å². The van der Waals surface area contributed by atoms with E-state index in [0.717, 1.165) is 40.4 Å². The van der Waals surface area contributed by atoms with Crippen molar-refractivity contribution in [3.8, 4) is 17.1 Å². The standard InChI is InChI=1S/C21H23N5O2/c1-4-12-8-19(28-3)24-9-15(12)17-6-13-7-18(23-10-16(13)20(22)25-17)26-21(27)14-5-11(14)2/h6-11,14H,4-5H2,1-3H3,(H2,22,25)(H,23,26,27). The van der Waals surface area contributed by atoms with Gasteiger partial charge in [0.25, 0.3) is 0 Å². The molecule has 7 nitrogen and oxygen atoms in total. The number of nitrogen functional groups attached to an aromatic ring is 1. The molecule has 3 aromatic rings. The number of amides is 1. The first-order chi connectivity index (χ1) is 13.5. The van der Waals surface area contributed by atoms with Gasteiger partial charge >= 0.3 is 0 Å². The molecule has 4 rings (SSSR count). The zero-order chi connectivity index (χ0) is 19.8. The lowest BCUT2D eigenvalue weighted by molar-refractivity contribution is -0.117. The average Bonchev–Trinajstić information content (AvgIpc) is 3.44. The highest BCUT2D eigenvalue weighted by molar-refractivity contribution is 5.98. The van der Waals surface area contributed by atoms with Crippen molar-refractivity contribution in [2.24, 2.45) is 11.8 Å². The number of nitrogens with zero attached hydrogens (tertiary/aromatic N) is 3. The minimum atomic E-state index is 0.0224. The van der Waals surface area contributed by atoms with E-state index >= 15 is 0 Å². The Hall–Kier alpha value is -3.22. The molecule has 144 valence electrons. The van der Waals surface area contributed by atoms with Crippen LogP contribution in [0.2, 0.25) is 0 Å². The first-order valence-electron chi connectivity index (χ1n) is 9.40. The molecule has 0 radical (unpaired) electrons. The Bertz CT molecular complexity index is 1070. The lowest BCUT2D eigenvalue weighted by Gasteiger charge is -2.12. The van der Waals surface area contributed by atoms with Gasteiger partial charge in [-0.1, -0.05) is 13.8 Å². The maximum atomic E-state index is 12.2. The third-order valence-electron chi connectivity index (χ3n) is 5.27. The van der Waals surface area contributed by atoms with Gasteiger partial charge in [0.15, 0.2) is 0 Å². The van der Waals surface area contributed by atoms with Gasteiger partial charge in [-0.15, -0.1) is 0 Å². The van der Waals surface area contributed by atoms with E-state index in [1.807, 2.05) is 18.2 Å². The molecule has 1 saturated carbocycles. The summed E-state index contributed by atoms with van der Waals surface area (Å²) in [6.45, 7) is 4.14. The quantitative estimate of drug-likeness (QED) is 0.706. The number of carbonyl (C=O) groups excluding carboxylic acids is 1. The Morgan fingerprint density at radius 1 is 1.29 bits per heavy atom. The third-order valence-corrected chi connectivity index (χ3v) is 5.27. The second-order valence-corrected chi connectivity index (χ2v) is 7.23. The first-order valence-corrected chi connectivity index (χ1v) is 9.40. The van der Waals surface area contributed by atoms with Gasteiger partial charge in [-0.3, -0.25) is 4.79 Å². The summed E-state index contributed by atoms with van der Waals surface area (Å²) in [6.07, 6.45) is 5.15. The number of fused-ring (bicyclic) bond motifs is 1. The van der Waals surface area contributed by atoms with Crippen LogP contribution in [0.1, 0.15) is 25.8 Å². The van der Waals surface area contributed by atoms with E-state index < -0.39 is 0 Å². The number of aromatic nitrogens is 3. The van der Waals surface area contributed by atoms with Crippen LogP contribution in [-0.4, -0.2) is 28.0 Å². The van der Waals surface area contributed by atoms with Gasteiger partial charge in [0, 0.05) is 35.3 Å². The number of rotatable bonds is 5. The van der Waals surface area contributed by atoms with Crippen molar-refractivity contribution >= 4 is 28.3 Å². The Morgan fingerprint density at radius 3 is 2.75 bits per heavy atom. The highest BCUT2D eigenvalue weighted by atomic mass is 16.5. The molecule has 0 saturated heterocycles. The van der Waals surface area contributed by atoms with Gasteiger partial charge < -0.3 is 15.8 Å². The van der Waals surface area contributed by atoms with E-state index in [1.54, 1.807) is 19.5 Å². The summed E-state index contributed by atoms with van der Waals surface area (Å²) in [7, 11) is 1.60. The molecule has 1 fully saturated rings. The van der Waals surface area contributed by atoms with Gasteiger partial charge in [0.2, 0.25) is 11.8 Å². The van der Waals surface area contributed by atoms with Crippen molar-refractivity contribution in [1.82, 2.24) is 15.0 Å². The van der Waals surface area contributed by atoms with E-state index in [2.05, 4.69) is 34.1 Å². The number of anilines is 2. The van der Waals surface area contributed by atoms with E-state index in [0.29, 0.717) is 23.4 Å². The molecule has 0 aromatic carbocycles. The van der Waals surface area contributed by atoms with Crippen LogP contribution < -0.4 is 15.8 Å². The molecule has 1 aliphatic rings. The lowest BCUT2D eigenvalue weighted by Crippen LogP contribution is -2.15. The fourth-order valence-electron chi connectivity index (χ4n) is 3.40. The van der Waals surface area contributed by atoms with Crippen LogP contribution in [0.15, 0.2) is 30.6 Å². The molecule has 3 aromatic heterocycles. The zero-order valence-corrected chi connectivity index (χ0v) is 16.2. The zero-order valence-electron chi connectivity index (χ0n) is 16.2. The summed E-state index contributed by atoms with van der Waals surface area (Å²) < 4.78 is 5.22. The summed E-state index contributed by atoms with van der Waals surface area (Å²) in [5.74, 6) is 2.05. The molecule has 28 heavy (non-hydrogen) atoms. The molecule has 1 amide bonds. The third kappa shape index (κ3) is 3.35.